The van der Waals surface area contributed by atoms with E-state index in [-0.39, 0.29) is 35.7 Å². The average Bonchev–Trinajstić information content (AvgIpc) is 2.64. The Labute approximate surface area is 121 Å². The largest absolute Gasteiger partial charge is 0.497 e. The zero-order chi connectivity index (χ0) is 21.9. The molecule has 0 aliphatic rings. The molecule has 0 radical (unpaired) electrons. The second-order valence-electron chi connectivity index (χ2n) is 2.67. The second-order valence-corrected chi connectivity index (χ2v) is 2.67. The van der Waals surface area contributed by atoms with Gasteiger partial charge >= 0.3 is 0 Å². The first kappa shape index (κ1) is 5.14. The summed E-state index contributed by atoms with van der Waals surface area (Å²) < 4.78 is 82.3. The second kappa shape index (κ2) is 7.90. The van der Waals surface area contributed by atoms with Crippen LogP contribution in [0.1, 0.15) is 24.1 Å². The predicted octanol–water partition coefficient (Wildman–Crippen LogP) is 3.20. The maximum atomic E-state index is 10.8. The molecule has 18 heavy (non-hydrogen) atoms. The highest BCUT2D eigenvalue weighted by Crippen LogP contribution is 2.09. The van der Waals surface area contributed by atoms with Gasteiger partial charge in [-0.1, -0.05) is 18.1 Å². The van der Waals surface area contributed by atoms with Crippen molar-refractivity contribution in [2.75, 3.05) is 14.2 Å². The molecule has 0 aliphatic carbocycles. The van der Waals surface area contributed by atoms with Crippen molar-refractivity contribution in [2.45, 2.75) is 0 Å². The van der Waals surface area contributed by atoms with Crippen LogP contribution in [0.4, 0.5) is 0 Å². The van der Waals surface area contributed by atoms with Crippen molar-refractivity contribution in [1.82, 2.24) is 0 Å². The summed E-state index contributed by atoms with van der Waals surface area (Å²) in [7, 11) is 2.49. The molecule has 0 saturated heterocycles. The first-order valence-electron chi connectivity index (χ1n) is 9.68. The van der Waals surface area contributed by atoms with Crippen LogP contribution in [0.25, 0.3) is 0 Å². The average molecular weight is 254 g/mol. The van der Waals surface area contributed by atoms with Crippen molar-refractivity contribution in [3.05, 3.63) is 59.9 Å². The molecule has 2 aromatic rings. The molecule has 0 heterocycles. The van der Waals surface area contributed by atoms with Gasteiger partial charge in [0.1, 0.15) is 19.1 Å². The van der Waals surface area contributed by atoms with E-state index in [4.69, 9.17) is 18.4 Å². The van der Waals surface area contributed by atoms with E-state index in [9.17, 15) is 4.79 Å². The Hall–Kier alpha value is -2.29. The molecule has 0 saturated carbocycles. The van der Waals surface area contributed by atoms with Gasteiger partial charge in [-0.2, -0.15) is 0 Å². The van der Waals surface area contributed by atoms with Crippen molar-refractivity contribution in [1.29, 1.82) is 0 Å². The van der Waals surface area contributed by atoms with Crippen LogP contribution in [0.3, 0.4) is 0 Å². The summed E-state index contributed by atoms with van der Waals surface area (Å²) in [5.41, 5.74) is -0.536. The molecule has 3 heteroatoms. The van der Waals surface area contributed by atoms with Crippen molar-refractivity contribution in [3.63, 3.8) is 0 Å². The fourth-order valence-electron chi connectivity index (χ4n) is 0.795. The Balaban J connectivity index is 0.000000283. The first-order valence-corrected chi connectivity index (χ1v) is 4.68. The number of rotatable bonds is 3. The van der Waals surface area contributed by atoms with Gasteiger partial charge in [-0.05, 0) is 36.3 Å². The molecule has 0 spiro atoms. The summed E-state index contributed by atoms with van der Waals surface area (Å²) in [6.45, 7) is 0. The number of para-hydroxylation sites is 1. The normalized spacial score (nSPS) is 16.6. The van der Waals surface area contributed by atoms with E-state index in [0.717, 1.165) is 0 Å². The lowest BCUT2D eigenvalue weighted by molar-refractivity contribution is 0.112. The summed E-state index contributed by atoms with van der Waals surface area (Å²) in [4.78, 5) is 10.8. The Kier molecular flexibility index (Phi) is 2.26. The predicted molar refractivity (Wildman–Crippen MR) is 71.4 cm³/mol. The highest BCUT2D eigenvalue weighted by molar-refractivity contribution is 5.74. The van der Waals surface area contributed by atoms with Crippen molar-refractivity contribution >= 4 is 6.26 Å². The van der Waals surface area contributed by atoms with E-state index < -0.39 is 42.0 Å². The Bertz CT molecular complexity index is 871. The number of carbonyl (C=O) groups excluding carboxylic acids is 1. The Morgan fingerprint density at radius 3 is 1.89 bits per heavy atom. The molecule has 0 N–H and O–H groups in total. The lowest BCUT2D eigenvalue weighted by Crippen LogP contribution is -1.82. The smallest absolute Gasteiger partial charge is 0.150 e. The SMILES string of the molecule is [2H]C(=O)c1c([2H])c([2H])c(OC)c([2H])c1[2H].[2H]c1c([2H])c([2H])c(OC)c([2H])c1[2H]. The fraction of sp³-hybridized carbons (Fsp3) is 0.133. The summed E-state index contributed by atoms with van der Waals surface area (Å²) >= 11 is 0. The number of hydrogen-bond acceptors (Lipinski definition) is 3. The molecule has 0 bridgehead atoms. The summed E-state index contributed by atoms with van der Waals surface area (Å²) in [5.74, 6) is -0.346. The minimum absolute atomic E-state index is 0.119. The van der Waals surface area contributed by atoms with Gasteiger partial charge in [-0.25, -0.2) is 0 Å². The number of aldehydes is 1. The third kappa shape index (κ3) is 4.70. The van der Waals surface area contributed by atoms with Gasteiger partial charge < -0.3 is 9.47 Å². The van der Waals surface area contributed by atoms with Gasteiger partial charge in [-0.15, -0.1) is 0 Å². The number of carbonyl (C=O) groups is 1. The fourth-order valence-corrected chi connectivity index (χ4v) is 0.795. The van der Waals surface area contributed by atoms with E-state index in [2.05, 4.69) is 4.74 Å². The molecule has 2 aromatic carbocycles. The third-order valence-corrected chi connectivity index (χ3v) is 1.59. The van der Waals surface area contributed by atoms with Gasteiger partial charge in [0.25, 0.3) is 0 Å². The maximum Gasteiger partial charge on any atom is 0.150 e. The van der Waals surface area contributed by atoms with Crippen LogP contribution in [-0.4, -0.2) is 20.5 Å². The minimum atomic E-state index is -1.24. The lowest BCUT2D eigenvalue weighted by atomic mass is 10.2. The quantitative estimate of drug-likeness (QED) is 0.789. The number of hydrogen-bond donors (Lipinski definition) is 0. The maximum absolute atomic E-state index is 10.8. The molecule has 3 nitrogen and oxygen atoms in total. The number of ether oxygens (including phenoxy) is 2. The molecule has 0 unspecified atom stereocenters. The topological polar surface area (TPSA) is 35.5 Å². The van der Waals surface area contributed by atoms with Crippen LogP contribution in [0.5, 0.6) is 11.5 Å². The monoisotopic (exact) mass is 254 g/mol. The highest BCUT2D eigenvalue weighted by atomic mass is 16.5. The van der Waals surface area contributed by atoms with Crippen LogP contribution in [0, 0.1) is 0 Å². The van der Waals surface area contributed by atoms with E-state index in [1.165, 1.54) is 14.2 Å². The van der Waals surface area contributed by atoms with Crippen LogP contribution >= 0.6 is 0 Å². The van der Waals surface area contributed by atoms with Gasteiger partial charge in [-0.3, -0.25) is 4.79 Å². The van der Waals surface area contributed by atoms with Gasteiger partial charge in [0.2, 0.25) is 0 Å². The minimum Gasteiger partial charge on any atom is -0.497 e. The van der Waals surface area contributed by atoms with Crippen molar-refractivity contribution < 1.29 is 28.0 Å². The van der Waals surface area contributed by atoms with Crippen LogP contribution < -0.4 is 9.47 Å². The van der Waals surface area contributed by atoms with Crippen molar-refractivity contribution in [2.24, 2.45) is 0 Å². The number of methoxy groups -OCH3 is 2. The van der Waals surface area contributed by atoms with Gasteiger partial charge in [0.15, 0.2) is 0 Å². The molecule has 0 atom stereocenters. The van der Waals surface area contributed by atoms with Gasteiger partial charge in [0.05, 0.1) is 26.6 Å². The van der Waals surface area contributed by atoms with Gasteiger partial charge in [0, 0.05) is 5.56 Å². The molecular weight excluding hydrogens is 228 g/mol. The molecule has 2 rings (SSSR count). The lowest BCUT2D eigenvalue weighted by Gasteiger charge is -1.96. The third-order valence-electron chi connectivity index (χ3n) is 1.59. The number of benzene rings is 2. The standard InChI is InChI=1S/C8H8O2.C7H8O/c1-10-8-4-2-7(6-9)3-5-8;1-8-7-5-3-2-4-6-7/h2-6H,1H3;2-6H,1H3/i2*2D,3D,4D,5D,6D. The molecule has 0 aliphatic heterocycles. The molecule has 0 amide bonds. The van der Waals surface area contributed by atoms with Crippen molar-refractivity contribution in [3.8, 4) is 11.5 Å². The summed E-state index contributed by atoms with van der Waals surface area (Å²) in [5, 5.41) is 0. The summed E-state index contributed by atoms with van der Waals surface area (Å²) in [6, 6.07) is -3.78. The Morgan fingerprint density at radius 1 is 0.944 bits per heavy atom. The zero-order valence-electron chi connectivity index (χ0n) is 19.7. The van der Waals surface area contributed by atoms with E-state index in [1.807, 2.05) is 0 Å². The molecular formula is C15H16O3. The first-order chi connectivity index (χ1) is 12.9. The Morgan fingerprint density at radius 2 is 1.44 bits per heavy atom. The van der Waals surface area contributed by atoms with Crippen LogP contribution in [-0.2, 0) is 0 Å². The summed E-state index contributed by atoms with van der Waals surface area (Å²) in [6.07, 6.45) is -1.24. The molecule has 0 fully saturated rings. The van der Waals surface area contributed by atoms with Crippen LogP contribution in [0.2, 0.25) is 0 Å². The van der Waals surface area contributed by atoms with E-state index >= 15 is 0 Å². The zero-order valence-corrected chi connectivity index (χ0v) is 9.72. The van der Waals surface area contributed by atoms with E-state index in [0.29, 0.717) is 0 Å². The molecule has 94 valence electrons. The van der Waals surface area contributed by atoms with E-state index in [1.54, 1.807) is 0 Å². The highest BCUT2D eigenvalue weighted by Gasteiger charge is 1.89. The van der Waals surface area contributed by atoms with Crippen LogP contribution in [0.15, 0.2) is 54.4 Å². The molecule has 0 aromatic heterocycles.